The smallest absolute Gasteiger partial charge is 0.242 e. The van der Waals surface area contributed by atoms with Crippen LogP contribution in [0, 0.1) is 19.8 Å². The molecule has 2 aromatic rings. The van der Waals surface area contributed by atoms with Crippen LogP contribution in [0.4, 0.5) is 5.69 Å². The lowest BCUT2D eigenvalue weighted by atomic mass is 10.1. The number of nitrogens with one attached hydrogen (secondary N) is 1. The minimum Gasteiger partial charge on any atom is -0.354 e. The van der Waals surface area contributed by atoms with Crippen LogP contribution in [0.2, 0.25) is 5.02 Å². The maximum Gasteiger partial charge on any atom is 0.242 e. The van der Waals surface area contributed by atoms with Gasteiger partial charge in [0.25, 0.3) is 0 Å². The summed E-state index contributed by atoms with van der Waals surface area (Å²) < 4.78 is 26.5. The van der Waals surface area contributed by atoms with Crippen molar-refractivity contribution in [3.05, 3.63) is 64.2 Å². The number of anilines is 1. The molecule has 0 radical (unpaired) electrons. The zero-order valence-corrected chi connectivity index (χ0v) is 24.3. The van der Waals surface area contributed by atoms with Crippen LogP contribution >= 0.6 is 11.6 Å². The fraction of sp³-hybridized carbons (Fsp3) is 0.500. The predicted octanol–water partition coefficient (Wildman–Crippen LogP) is 5.08. The molecule has 37 heavy (non-hydrogen) atoms. The largest absolute Gasteiger partial charge is 0.354 e. The molecule has 2 rings (SSSR count). The summed E-state index contributed by atoms with van der Waals surface area (Å²) in [7, 11) is -3.59. The van der Waals surface area contributed by atoms with Crippen molar-refractivity contribution < 1.29 is 18.0 Å². The summed E-state index contributed by atoms with van der Waals surface area (Å²) in [6, 6.07) is 12.4. The first kappa shape index (κ1) is 30.6. The van der Waals surface area contributed by atoms with Gasteiger partial charge in [-0.2, -0.15) is 0 Å². The first-order valence-electron chi connectivity index (χ1n) is 12.7. The van der Waals surface area contributed by atoms with E-state index in [0.717, 1.165) is 22.9 Å². The molecular formula is C28H40ClN3O4S. The molecule has 0 heterocycles. The Morgan fingerprint density at radius 1 is 1.08 bits per heavy atom. The number of halogens is 1. The number of carbonyl (C=O) groups excluding carboxylic acids is 2. The van der Waals surface area contributed by atoms with E-state index in [0.29, 0.717) is 42.6 Å². The zero-order valence-electron chi connectivity index (χ0n) is 22.8. The van der Waals surface area contributed by atoms with Crippen molar-refractivity contribution in [1.29, 1.82) is 0 Å². The number of hydrogen-bond donors (Lipinski definition) is 1. The summed E-state index contributed by atoms with van der Waals surface area (Å²) in [5.74, 6) is -0.0758. The molecule has 0 bridgehead atoms. The number of hydrogen-bond acceptors (Lipinski definition) is 4. The van der Waals surface area contributed by atoms with Crippen LogP contribution in [0.5, 0.6) is 0 Å². The minimum absolute atomic E-state index is 0.103. The summed E-state index contributed by atoms with van der Waals surface area (Å²) in [4.78, 5) is 28.2. The average molecular weight is 550 g/mol. The van der Waals surface area contributed by atoms with Crippen LogP contribution in [0.25, 0.3) is 0 Å². The van der Waals surface area contributed by atoms with Crippen LogP contribution in [-0.4, -0.2) is 50.5 Å². The Labute approximate surface area is 227 Å². The highest BCUT2D eigenvalue weighted by Crippen LogP contribution is 2.27. The van der Waals surface area contributed by atoms with E-state index in [4.69, 9.17) is 11.6 Å². The second-order valence-corrected chi connectivity index (χ2v) is 12.3. The van der Waals surface area contributed by atoms with E-state index in [2.05, 4.69) is 5.32 Å². The topological polar surface area (TPSA) is 86.8 Å². The van der Waals surface area contributed by atoms with Crippen LogP contribution in [0.3, 0.4) is 0 Å². The van der Waals surface area contributed by atoms with Gasteiger partial charge in [0.2, 0.25) is 21.8 Å². The Kier molecular flexibility index (Phi) is 11.4. The van der Waals surface area contributed by atoms with E-state index in [1.165, 1.54) is 4.31 Å². The fourth-order valence-electron chi connectivity index (χ4n) is 4.18. The number of aryl methyl sites for hydroxylation is 2. The predicted molar refractivity (Wildman–Crippen MR) is 151 cm³/mol. The molecule has 0 aliphatic rings. The third kappa shape index (κ3) is 9.34. The summed E-state index contributed by atoms with van der Waals surface area (Å²) in [6.45, 7) is 10.7. The van der Waals surface area contributed by atoms with Crippen molar-refractivity contribution in [2.24, 2.45) is 5.92 Å². The normalized spacial score (nSPS) is 12.3. The van der Waals surface area contributed by atoms with E-state index >= 15 is 0 Å². The molecule has 0 unspecified atom stereocenters. The van der Waals surface area contributed by atoms with Gasteiger partial charge in [-0.3, -0.25) is 13.9 Å². The quantitative estimate of drug-likeness (QED) is 0.377. The van der Waals surface area contributed by atoms with E-state index < -0.39 is 16.1 Å². The number of carbonyl (C=O) groups is 2. The standard InChI is InChI=1S/C28H40ClN3O4S/c1-7-25(28(34)30-18-20(2)3)31(19-23-11-8-10-21(4)16-23)27(33)12-9-15-32(37(6,35)36)26-17-24(29)14-13-22(26)5/h8,10-11,13-14,16-17,20,25H,7,9,12,15,18-19H2,1-6H3,(H,30,34)/t25-/m1/s1. The molecule has 7 nitrogen and oxygen atoms in total. The molecule has 204 valence electrons. The molecular weight excluding hydrogens is 510 g/mol. The lowest BCUT2D eigenvalue weighted by Gasteiger charge is -2.31. The van der Waals surface area contributed by atoms with Gasteiger partial charge in [0.15, 0.2) is 0 Å². The van der Waals surface area contributed by atoms with Crippen LogP contribution < -0.4 is 9.62 Å². The van der Waals surface area contributed by atoms with Crippen LogP contribution in [0.15, 0.2) is 42.5 Å². The molecule has 1 N–H and O–H groups in total. The Morgan fingerprint density at radius 3 is 2.38 bits per heavy atom. The third-order valence-electron chi connectivity index (χ3n) is 6.10. The van der Waals surface area contributed by atoms with Crippen molar-refractivity contribution in [2.45, 2.75) is 66.5 Å². The van der Waals surface area contributed by atoms with E-state index in [-0.39, 0.29) is 24.8 Å². The van der Waals surface area contributed by atoms with Gasteiger partial charge in [-0.1, -0.05) is 68.3 Å². The first-order chi connectivity index (χ1) is 17.3. The van der Waals surface area contributed by atoms with Crippen molar-refractivity contribution in [1.82, 2.24) is 10.2 Å². The summed E-state index contributed by atoms with van der Waals surface area (Å²) in [5.41, 5.74) is 3.28. The van der Waals surface area contributed by atoms with Crippen LogP contribution in [0.1, 0.15) is 56.7 Å². The number of benzene rings is 2. The second-order valence-electron chi connectivity index (χ2n) is 9.94. The molecule has 2 aromatic carbocycles. The Bertz CT molecular complexity index is 1180. The van der Waals surface area contributed by atoms with Gasteiger partial charge in [0.1, 0.15) is 6.04 Å². The summed E-state index contributed by atoms with van der Waals surface area (Å²) >= 11 is 6.13. The third-order valence-corrected chi connectivity index (χ3v) is 7.51. The molecule has 0 fully saturated rings. The Morgan fingerprint density at radius 2 is 1.78 bits per heavy atom. The number of nitrogens with zero attached hydrogens (tertiary/aromatic N) is 2. The Balaban J connectivity index is 2.24. The lowest BCUT2D eigenvalue weighted by molar-refractivity contribution is -0.141. The van der Waals surface area contributed by atoms with Gasteiger partial charge in [-0.05, 0) is 55.9 Å². The monoisotopic (exact) mass is 549 g/mol. The highest BCUT2D eigenvalue weighted by Gasteiger charge is 2.29. The van der Waals surface area contributed by atoms with Gasteiger partial charge in [-0.15, -0.1) is 0 Å². The first-order valence-corrected chi connectivity index (χ1v) is 14.9. The molecule has 0 saturated heterocycles. The number of sulfonamides is 1. The second kappa shape index (κ2) is 13.8. The van der Waals surface area contributed by atoms with E-state index in [1.54, 1.807) is 23.1 Å². The van der Waals surface area contributed by atoms with Gasteiger partial charge >= 0.3 is 0 Å². The minimum atomic E-state index is -3.59. The van der Waals surface area contributed by atoms with Crippen LogP contribution in [-0.2, 0) is 26.2 Å². The summed E-state index contributed by atoms with van der Waals surface area (Å²) in [5, 5.41) is 3.40. The van der Waals surface area contributed by atoms with Crippen molar-refractivity contribution in [3.63, 3.8) is 0 Å². The van der Waals surface area contributed by atoms with E-state index in [1.807, 2.05) is 58.9 Å². The van der Waals surface area contributed by atoms with Gasteiger partial charge in [0, 0.05) is 31.1 Å². The molecule has 2 amide bonds. The van der Waals surface area contributed by atoms with Crippen molar-refractivity contribution in [3.8, 4) is 0 Å². The average Bonchev–Trinajstić information content (AvgIpc) is 2.81. The van der Waals surface area contributed by atoms with Gasteiger partial charge in [-0.25, -0.2) is 8.42 Å². The van der Waals surface area contributed by atoms with Crippen molar-refractivity contribution >= 4 is 39.1 Å². The summed E-state index contributed by atoms with van der Waals surface area (Å²) in [6.07, 6.45) is 2.02. The molecule has 0 saturated carbocycles. The molecule has 1 atom stereocenters. The molecule has 0 aliphatic carbocycles. The lowest BCUT2D eigenvalue weighted by Crippen LogP contribution is -2.49. The van der Waals surface area contributed by atoms with Gasteiger partial charge < -0.3 is 10.2 Å². The zero-order chi connectivity index (χ0) is 27.8. The number of amides is 2. The van der Waals surface area contributed by atoms with Crippen molar-refractivity contribution in [2.75, 3.05) is 23.7 Å². The maximum atomic E-state index is 13.5. The van der Waals surface area contributed by atoms with Gasteiger partial charge in [0.05, 0.1) is 11.9 Å². The Hall–Kier alpha value is -2.58. The molecule has 9 heteroatoms. The SMILES string of the molecule is CC[C@H](C(=O)NCC(C)C)N(Cc1cccc(C)c1)C(=O)CCCN(c1cc(Cl)ccc1C)S(C)(=O)=O. The highest BCUT2D eigenvalue weighted by atomic mass is 35.5. The fourth-order valence-corrected chi connectivity index (χ4v) is 5.36. The number of rotatable bonds is 13. The van der Waals surface area contributed by atoms with E-state index in [9.17, 15) is 18.0 Å². The highest BCUT2D eigenvalue weighted by molar-refractivity contribution is 7.92. The maximum absolute atomic E-state index is 13.5. The molecule has 0 aromatic heterocycles. The molecule has 0 spiro atoms. The molecule has 0 aliphatic heterocycles.